The van der Waals surface area contributed by atoms with E-state index >= 15 is 0 Å². The summed E-state index contributed by atoms with van der Waals surface area (Å²) in [7, 11) is 1.92. The summed E-state index contributed by atoms with van der Waals surface area (Å²) in [4.78, 5) is 32.8. The van der Waals surface area contributed by atoms with Crippen LogP contribution in [0.1, 0.15) is 31.2 Å². The van der Waals surface area contributed by atoms with E-state index in [1.807, 2.05) is 24.2 Å². The Morgan fingerprint density at radius 2 is 1.72 bits per heavy atom. The number of benzene rings is 1. The fourth-order valence-electron chi connectivity index (χ4n) is 4.88. The minimum absolute atomic E-state index is 0.00447. The smallest absolute Gasteiger partial charge is 0.227 e. The molecule has 3 aromatic rings. The van der Waals surface area contributed by atoms with Gasteiger partial charge in [0.1, 0.15) is 5.52 Å². The van der Waals surface area contributed by atoms with E-state index in [1.165, 1.54) is 24.1 Å². The van der Waals surface area contributed by atoms with Gasteiger partial charge in [0.2, 0.25) is 5.91 Å². The quantitative estimate of drug-likeness (QED) is 0.617. The van der Waals surface area contributed by atoms with Crippen molar-refractivity contribution in [2.24, 2.45) is 5.92 Å². The lowest BCUT2D eigenvalue weighted by molar-refractivity contribution is -0.135. The summed E-state index contributed by atoms with van der Waals surface area (Å²) >= 11 is 0. The van der Waals surface area contributed by atoms with Crippen LogP contribution in [0.25, 0.3) is 11.2 Å². The lowest BCUT2D eigenvalue weighted by Gasteiger charge is -2.35. The second-order valence-corrected chi connectivity index (χ2v) is 8.93. The van der Waals surface area contributed by atoms with Gasteiger partial charge < -0.3 is 14.7 Å². The summed E-state index contributed by atoms with van der Waals surface area (Å²) in [6, 6.07) is 10.7. The lowest BCUT2D eigenvalue weighted by atomic mass is 9.96. The normalized spacial score (nSPS) is 18.8. The molecule has 1 amide bonds. The minimum atomic E-state index is -0.00447. The van der Waals surface area contributed by atoms with E-state index in [1.54, 1.807) is 12.4 Å². The molecule has 7 nitrogen and oxygen atoms in total. The highest BCUT2D eigenvalue weighted by atomic mass is 16.2. The molecule has 0 N–H and O–H groups in total. The molecule has 2 aromatic heterocycles. The van der Waals surface area contributed by atoms with Crippen LogP contribution < -0.4 is 9.80 Å². The number of hydrogen-bond donors (Lipinski definition) is 0. The Labute approximate surface area is 189 Å². The van der Waals surface area contributed by atoms with Crippen molar-refractivity contribution >= 4 is 28.4 Å². The number of anilines is 2. The van der Waals surface area contributed by atoms with Gasteiger partial charge in [0.25, 0.3) is 0 Å². The average molecular weight is 431 g/mol. The van der Waals surface area contributed by atoms with E-state index in [0.717, 1.165) is 43.7 Å². The molecule has 2 aliphatic rings. The van der Waals surface area contributed by atoms with Gasteiger partial charge >= 0.3 is 0 Å². The van der Waals surface area contributed by atoms with Crippen LogP contribution in [-0.2, 0) is 11.3 Å². The highest BCUT2D eigenvalue weighted by Crippen LogP contribution is 2.26. The van der Waals surface area contributed by atoms with Crippen LogP contribution in [-0.4, -0.2) is 59.0 Å². The van der Waals surface area contributed by atoms with Crippen LogP contribution in [0.5, 0.6) is 0 Å². The Balaban J connectivity index is 1.22. The molecule has 0 saturated carbocycles. The van der Waals surface area contributed by atoms with Crippen LogP contribution in [0, 0.1) is 5.92 Å². The molecule has 166 valence electrons. The molecular weight excluding hydrogens is 400 g/mol. The Hall–Kier alpha value is -3.22. The summed E-state index contributed by atoms with van der Waals surface area (Å²) in [6.07, 6.45) is 9.65. The zero-order valence-electron chi connectivity index (χ0n) is 18.7. The van der Waals surface area contributed by atoms with Gasteiger partial charge in [0.15, 0.2) is 5.65 Å². The minimum Gasteiger partial charge on any atom is -0.372 e. The molecule has 0 spiro atoms. The molecule has 7 heteroatoms. The van der Waals surface area contributed by atoms with Crippen molar-refractivity contribution in [3.05, 3.63) is 54.5 Å². The molecule has 1 aromatic carbocycles. The number of carbonyl (C=O) groups is 1. The molecule has 0 radical (unpaired) electrons. The van der Waals surface area contributed by atoms with Crippen LogP contribution in [0.3, 0.4) is 0 Å². The molecule has 32 heavy (non-hydrogen) atoms. The first-order valence-corrected chi connectivity index (χ1v) is 11.6. The Morgan fingerprint density at radius 3 is 2.53 bits per heavy atom. The number of rotatable bonds is 5. The molecule has 2 saturated heterocycles. The average Bonchev–Trinajstić information content (AvgIpc) is 3.39. The van der Waals surface area contributed by atoms with Gasteiger partial charge in [-0.3, -0.25) is 9.78 Å². The summed E-state index contributed by atoms with van der Waals surface area (Å²) in [5.41, 5.74) is 4.91. The second-order valence-electron chi connectivity index (χ2n) is 8.93. The van der Waals surface area contributed by atoms with Crippen molar-refractivity contribution in [1.82, 2.24) is 19.9 Å². The molecule has 2 fully saturated rings. The van der Waals surface area contributed by atoms with Crippen LogP contribution in [0.4, 0.5) is 11.4 Å². The van der Waals surface area contributed by atoms with Crippen molar-refractivity contribution in [3.8, 4) is 0 Å². The number of nitrogens with zero attached hydrogens (tertiary/aromatic N) is 6. The maximum atomic E-state index is 13.2. The maximum absolute atomic E-state index is 13.2. The molecule has 2 aliphatic heterocycles. The van der Waals surface area contributed by atoms with E-state index in [9.17, 15) is 4.79 Å². The first-order chi connectivity index (χ1) is 15.7. The Kier molecular flexibility index (Phi) is 5.88. The third-order valence-corrected chi connectivity index (χ3v) is 6.65. The molecule has 0 aliphatic carbocycles. The molecule has 5 rings (SSSR count). The van der Waals surface area contributed by atoms with Gasteiger partial charge in [-0.2, -0.15) is 0 Å². The SMILES string of the molecule is CN(Cc1ccc(N2CCCC2)cc1)C(=O)[C@H]1CCCN(c2cnc3nccnc3c2)C1. The number of amides is 1. The van der Waals surface area contributed by atoms with Gasteiger partial charge in [-0.15, -0.1) is 0 Å². The van der Waals surface area contributed by atoms with Gasteiger partial charge in [0, 0.05) is 57.9 Å². The highest BCUT2D eigenvalue weighted by Gasteiger charge is 2.28. The standard InChI is InChI=1S/C25H30N6O/c1-29(17-19-6-8-21(9-7-19)30-12-2-3-13-30)25(32)20-5-4-14-31(18-20)22-15-23-24(28-16-22)27-11-10-26-23/h6-11,15-16,20H,2-5,12-14,17-18H2,1H3/t20-/m0/s1. The zero-order chi connectivity index (χ0) is 21.9. The van der Waals surface area contributed by atoms with E-state index in [4.69, 9.17) is 0 Å². The van der Waals surface area contributed by atoms with Crippen molar-refractivity contribution in [2.75, 3.05) is 43.0 Å². The lowest BCUT2D eigenvalue weighted by Crippen LogP contribution is -2.43. The topological polar surface area (TPSA) is 65.5 Å². The van der Waals surface area contributed by atoms with Crippen molar-refractivity contribution < 1.29 is 4.79 Å². The number of fused-ring (bicyclic) bond motifs is 1. The predicted octanol–water partition coefficient (Wildman–Crippen LogP) is 3.50. The number of carbonyl (C=O) groups excluding carboxylic acids is 1. The van der Waals surface area contributed by atoms with Crippen LogP contribution in [0.2, 0.25) is 0 Å². The fourth-order valence-corrected chi connectivity index (χ4v) is 4.88. The maximum Gasteiger partial charge on any atom is 0.227 e. The first-order valence-electron chi connectivity index (χ1n) is 11.6. The largest absolute Gasteiger partial charge is 0.372 e. The van der Waals surface area contributed by atoms with Crippen LogP contribution in [0.15, 0.2) is 48.9 Å². The van der Waals surface area contributed by atoms with E-state index in [0.29, 0.717) is 18.7 Å². The predicted molar refractivity (Wildman–Crippen MR) is 127 cm³/mol. The van der Waals surface area contributed by atoms with E-state index in [-0.39, 0.29) is 11.8 Å². The first kappa shape index (κ1) is 20.7. The third-order valence-electron chi connectivity index (χ3n) is 6.65. The summed E-state index contributed by atoms with van der Waals surface area (Å²) in [5, 5.41) is 0. The van der Waals surface area contributed by atoms with Gasteiger partial charge in [-0.25, -0.2) is 9.97 Å². The van der Waals surface area contributed by atoms with Crippen LogP contribution >= 0.6 is 0 Å². The zero-order valence-corrected chi connectivity index (χ0v) is 18.7. The Morgan fingerprint density at radius 1 is 0.969 bits per heavy atom. The number of aromatic nitrogens is 3. The third kappa shape index (κ3) is 4.38. The second kappa shape index (κ2) is 9.10. The molecule has 0 bridgehead atoms. The Bertz CT molecular complexity index is 1080. The highest BCUT2D eigenvalue weighted by molar-refractivity contribution is 5.80. The van der Waals surface area contributed by atoms with E-state index < -0.39 is 0 Å². The molecule has 0 unspecified atom stereocenters. The number of hydrogen-bond acceptors (Lipinski definition) is 6. The molecular formula is C25H30N6O. The fraction of sp³-hybridized carbons (Fsp3) is 0.440. The molecule has 4 heterocycles. The summed E-state index contributed by atoms with van der Waals surface area (Å²) in [5.74, 6) is 0.210. The summed E-state index contributed by atoms with van der Waals surface area (Å²) in [6.45, 7) is 4.58. The monoisotopic (exact) mass is 430 g/mol. The summed E-state index contributed by atoms with van der Waals surface area (Å²) < 4.78 is 0. The van der Waals surface area contributed by atoms with E-state index in [2.05, 4.69) is 49.0 Å². The molecule has 1 atom stereocenters. The van der Waals surface area contributed by atoms with Gasteiger partial charge in [0.05, 0.1) is 17.8 Å². The van der Waals surface area contributed by atoms with Gasteiger partial charge in [-0.05, 0) is 49.4 Å². The number of pyridine rings is 1. The van der Waals surface area contributed by atoms with Crippen molar-refractivity contribution in [3.63, 3.8) is 0 Å². The van der Waals surface area contributed by atoms with Crippen molar-refractivity contribution in [2.45, 2.75) is 32.2 Å². The number of piperidine rings is 1. The van der Waals surface area contributed by atoms with Crippen molar-refractivity contribution in [1.29, 1.82) is 0 Å². The van der Waals surface area contributed by atoms with Gasteiger partial charge in [-0.1, -0.05) is 12.1 Å².